The first-order valence-electron chi connectivity index (χ1n) is 10.8. The van der Waals surface area contributed by atoms with Crippen molar-refractivity contribution < 1.29 is 8.78 Å². The van der Waals surface area contributed by atoms with Gasteiger partial charge in [-0.3, -0.25) is 0 Å². The minimum atomic E-state index is -0.782. The second kappa shape index (κ2) is 10.3. The van der Waals surface area contributed by atoms with Crippen molar-refractivity contribution in [3.63, 3.8) is 0 Å². The topological polar surface area (TPSA) is 0 Å². The molecule has 2 heteroatoms. The fraction of sp³-hybridized carbons (Fsp3) is 0.333. The van der Waals surface area contributed by atoms with E-state index in [1.165, 1.54) is 24.0 Å². The van der Waals surface area contributed by atoms with Crippen LogP contribution in [-0.2, 0) is 12.8 Å². The summed E-state index contributed by atoms with van der Waals surface area (Å²) in [6, 6.07) is 19.0. The molecule has 0 aliphatic rings. The molecule has 0 radical (unpaired) electrons. The Morgan fingerprint density at radius 2 is 0.931 bits per heavy atom. The van der Waals surface area contributed by atoms with Crippen molar-refractivity contribution in [3.8, 4) is 22.3 Å². The van der Waals surface area contributed by atoms with Gasteiger partial charge in [-0.1, -0.05) is 93.8 Å². The number of hydrogen-bond donors (Lipinski definition) is 0. The van der Waals surface area contributed by atoms with Crippen LogP contribution < -0.4 is 0 Å². The Bertz CT molecular complexity index is 909. The first-order valence-corrected chi connectivity index (χ1v) is 10.8. The Kier molecular flexibility index (Phi) is 7.57. The lowest BCUT2D eigenvalue weighted by molar-refractivity contribution is 0.514. The first kappa shape index (κ1) is 21.2. The van der Waals surface area contributed by atoms with E-state index in [4.69, 9.17) is 0 Å². The Labute approximate surface area is 173 Å². The van der Waals surface area contributed by atoms with E-state index in [0.29, 0.717) is 22.3 Å². The Hall–Kier alpha value is -2.48. The maximum atomic E-state index is 14.9. The third-order valence-electron chi connectivity index (χ3n) is 5.50. The molecule has 0 atom stereocenters. The van der Waals surface area contributed by atoms with Crippen LogP contribution in [0.5, 0.6) is 0 Å². The van der Waals surface area contributed by atoms with E-state index >= 15 is 0 Å². The van der Waals surface area contributed by atoms with Gasteiger partial charge in [0.1, 0.15) is 0 Å². The van der Waals surface area contributed by atoms with Crippen LogP contribution in [0.1, 0.15) is 57.1 Å². The standard InChI is InChI=1S/C27H30F2/c1-3-5-7-9-21-12-16-23(17-13-21)25-19-18-24(26(28)27(25)29)22-14-10-20(11-15-22)8-6-4-2/h10-19H,3-9H2,1-2H3. The second-order valence-corrected chi connectivity index (χ2v) is 7.74. The minimum Gasteiger partial charge on any atom is -0.203 e. The van der Waals surface area contributed by atoms with Gasteiger partial charge in [0.05, 0.1) is 0 Å². The van der Waals surface area contributed by atoms with E-state index in [9.17, 15) is 8.78 Å². The van der Waals surface area contributed by atoms with E-state index < -0.39 is 11.6 Å². The highest BCUT2D eigenvalue weighted by molar-refractivity contribution is 5.72. The summed E-state index contributed by atoms with van der Waals surface area (Å²) in [4.78, 5) is 0. The van der Waals surface area contributed by atoms with Crippen molar-refractivity contribution in [2.45, 2.75) is 58.8 Å². The molecule has 0 aliphatic heterocycles. The van der Waals surface area contributed by atoms with Gasteiger partial charge in [-0.25, -0.2) is 8.78 Å². The van der Waals surface area contributed by atoms with Crippen molar-refractivity contribution in [1.82, 2.24) is 0 Å². The summed E-state index contributed by atoms with van der Waals surface area (Å²) in [5, 5.41) is 0. The quantitative estimate of drug-likeness (QED) is 0.321. The van der Waals surface area contributed by atoms with Gasteiger partial charge in [-0.05, 0) is 47.9 Å². The summed E-state index contributed by atoms with van der Waals surface area (Å²) in [6.07, 6.45) is 7.88. The summed E-state index contributed by atoms with van der Waals surface area (Å²) >= 11 is 0. The molecule has 0 unspecified atom stereocenters. The highest BCUT2D eigenvalue weighted by atomic mass is 19.2. The number of hydrogen-bond acceptors (Lipinski definition) is 0. The molecule has 3 rings (SSSR count). The molecule has 0 aliphatic carbocycles. The molecule has 0 saturated carbocycles. The molecule has 0 saturated heterocycles. The van der Waals surface area contributed by atoms with Crippen LogP contribution in [0.25, 0.3) is 22.3 Å². The van der Waals surface area contributed by atoms with Gasteiger partial charge in [0.2, 0.25) is 0 Å². The monoisotopic (exact) mass is 392 g/mol. The molecule has 152 valence electrons. The minimum absolute atomic E-state index is 0.310. The summed E-state index contributed by atoms with van der Waals surface area (Å²) in [5.74, 6) is -1.56. The van der Waals surface area contributed by atoms with E-state index in [1.54, 1.807) is 12.1 Å². The number of aryl methyl sites for hydroxylation is 2. The number of benzene rings is 3. The van der Waals surface area contributed by atoms with E-state index in [0.717, 1.165) is 32.1 Å². The largest absolute Gasteiger partial charge is 0.203 e. The first-order chi connectivity index (χ1) is 14.1. The van der Waals surface area contributed by atoms with Gasteiger partial charge < -0.3 is 0 Å². The van der Waals surface area contributed by atoms with E-state index in [-0.39, 0.29) is 0 Å². The summed E-state index contributed by atoms with van der Waals surface area (Å²) in [5.41, 5.74) is 4.51. The van der Waals surface area contributed by atoms with Crippen LogP contribution in [0.15, 0.2) is 60.7 Å². The van der Waals surface area contributed by atoms with Crippen molar-refractivity contribution in [1.29, 1.82) is 0 Å². The van der Waals surface area contributed by atoms with Gasteiger partial charge in [0.15, 0.2) is 11.6 Å². The molecular weight excluding hydrogens is 362 g/mol. The van der Waals surface area contributed by atoms with Crippen LogP contribution in [-0.4, -0.2) is 0 Å². The Balaban J connectivity index is 1.80. The maximum Gasteiger partial charge on any atom is 0.167 e. The van der Waals surface area contributed by atoms with Crippen LogP contribution >= 0.6 is 0 Å². The van der Waals surface area contributed by atoms with Crippen LogP contribution in [0, 0.1) is 11.6 Å². The summed E-state index contributed by atoms with van der Waals surface area (Å²) in [6.45, 7) is 4.35. The van der Waals surface area contributed by atoms with Crippen LogP contribution in [0.2, 0.25) is 0 Å². The molecule has 0 fully saturated rings. The number of rotatable bonds is 9. The normalized spacial score (nSPS) is 11.0. The lowest BCUT2D eigenvalue weighted by Gasteiger charge is -2.10. The molecule has 0 bridgehead atoms. The summed E-state index contributed by atoms with van der Waals surface area (Å²) in [7, 11) is 0. The zero-order valence-electron chi connectivity index (χ0n) is 17.5. The van der Waals surface area contributed by atoms with Crippen molar-refractivity contribution >= 4 is 0 Å². The molecule has 0 amide bonds. The molecule has 0 N–H and O–H groups in total. The summed E-state index contributed by atoms with van der Waals surface area (Å²) < 4.78 is 29.7. The molecule has 0 heterocycles. The second-order valence-electron chi connectivity index (χ2n) is 7.74. The van der Waals surface area contributed by atoms with Crippen LogP contribution in [0.4, 0.5) is 8.78 Å². The van der Waals surface area contributed by atoms with Crippen molar-refractivity contribution in [3.05, 3.63) is 83.4 Å². The van der Waals surface area contributed by atoms with Crippen molar-refractivity contribution in [2.75, 3.05) is 0 Å². The highest BCUT2D eigenvalue weighted by Gasteiger charge is 2.16. The van der Waals surface area contributed by atoms with Gasteiger partial charge in [0.25, 0.3) is 0 Å². The molecular formula is C27H30F2. The third kappa shape index (κ3) is 5.32. The fourth-order valence-corrected chi connectivity index (χ4v) is 3.66. The van der Waals surface area contributed by atoms with Gasteiger partial charge in [-0.2, -0.15) is 0 Å². The van der Waals surface area contributed by atoms with Gasteiger partial charge in [-0.15, -0.1) is 0 Å². The highest BCUT2D eigenvalue weighted by Crippen LogP contribution is 2.32. The smallest absolute Gasteiger partial charge is 0.167 e. The predicted octanol–water partition coefficient (Wildman–Crippen LogP) is 8.37. The Morgan fingerprint density at radius 1 is 0.517 bits per heavy atom. The average Bonchev–Trinajstić information content (AvgIpc) is 2.75. The van der Waals surface area contributed by atoms with Crippen molar-refractivity contribution in [2.24, 2.45) is 0 Å². The molecule has 0 spiro atoms. The Morgan fingerprint density at radius 3 is 1.34 bits per heavy atom. The maximum absolute atomic E-state index is 14.9. The number of unbranched alkanes of at least 4 members (excludes halogenated alkanes) is 3. The fourth-order valence-electron chi connectivity index (χ4n) is 3.66. The molecule has 0 nitrogen and oxygen atoms in total. The SMILES string of the molecule is CCCCCc1ccc(-c2ccc(-c3ccc(CCCC)cc3)c(F)c2F)cc1. The lowest BCUT2D eigenvalue weighted by atomic mass is 9.96. The lowest BCUT2D eigenvalue weighted by Crippen LogP contribution is -1.95. The zero-order chi connectivity index (χ0) is 20.6. The van der Waals surface area contributed by atoms with Gasteiger partial charge >= 0.3 is 0 Å². The molecule has 3 aromatic rings. The predicted molar refractivity (Wildman–Crippen MR) is 119 cm³/mol. The molecule has 3 aromatic carbocycles. The van der Waals surface area contributed by atoms with E-state index in [2.05, 4.69) is 13.8 Å². The van der Waals surface area contributed by atoms with Crippen LogP contribution in [0.3, 0.4) is 0 Å². The third-order valence-corrected chi connectivity index (χ3v) is 5.50. The average molecular weight is 393 g/mol. The van der Waals surface area contributed by atoms with Gasteiger partial charge in [0, 0.05) is 11.1 Å². The zero-order valence-corrected chi connectivity index (χ0v) is 17.5. The van der Waals surface area contributed by atoms with E-state index in [1.807, 2.05) is 48.5 Å². The molecule has 0 aromatic heterocycles. The molecule has 29 heavy (non-hydrogen) atoms. The number of halogens is 2.